The van der Waals surface area contributed by atoms with Crippen molar-refractivity contribution in [3.63, 3.8) is 0 Å². The predicted molar refractivity (Wildman–Crippen MR) is 123 cm³/mol. The van der Waals surface area contributed by atoms with Gasteiger partial charge < -0.3 is 26.2 Å². The van der Waals surface area contributed by atoms with E-state index in [1.807, 2.05) is 0 Å². The van der Waals surface area contributed by atoms with Crippen LogP contribution in [0.4, 0.5) is 5.69 Å². The summed E-state index contributed by atoms with van der Waals surface area (Å²) < 4.78 is 32.2. The summed E-state index contributed by atoms with van der Waals surface area (Å²) in [6.45, 7) is 2.01. The second kappa shape index (κ2) is 10.8. The van der Waals surface area contributed by atoms with E-state index in [1.165, 1.54) is 29.6 Å². The lowest BCUT2D eigenvalue weighted by molar-refractivity contribution is -0.134. The number of carboxylic acid groups (broad SMARTS) is 1. The lowest BCUT2D eigenvalue weighted by Gasteiger charge is -2.34. The Balaban J connectivity index is 0.000000890. The number of nitrogens with one attached hydrogen (secondary N) is 1. The number of hydrogen-bond donors (Lipinski definition) is 4. The van der Waals surface area contributed by atoms with Crippen molar-refractivity contribution in [3.8, 4) is 5.75 Å². The monoisotopic (exact) mass is 477 g/mol. The summed E-state index contributed by atoms with van der Waals surface area (Å²) in [5.74, 6) is -0.678. The number of nitrogens with two attached hydrogens (primary N) is 2. The highest BCUT2D eigenvalue weighted by molar-refractivity contribution is 7.89. The van der Waals surface area contributed by atoms with Gasteiger partial charge >= 0.3 is 0 Å². The Kier molecular flexibility index (Phi) is 8.38. The third-order valence-electron chi connectivity index (χ3n) is 4.81. The lowest BCUT2D eigenvalue weighted by atomic mass is 10.1. The average molecular weight is 478 g/mol. The molecule has 2 aromatic carbocycles. The summed E-state index contributed by atoms with van der Waals surface area (Å²) in [4.78, 5) is 23.4. The molecule has 6 N–H and O–H groups in total. The summed E-state index contributed by atoms with van der Waals surface area (Å²) in [7, 11) is -2.25. The second-order valence-corrected chi connectivity index (χ2v) is 9.05. The number of aliphatic carboxylic acids is 1. The van der Waals surface area contributed by atoms with Crippen LogP contribution in [0.25, 0.3) is 0 Å². The van der Waals surface area contributed by atoms with Crippen molar-refractivity contribution < 1.29 is 27.9 Å². The third kappa shape index (κ3) is 6.43. The third-order valence-corrected chi connectivity index (χ3v) is 6.70. The Morgan fingerprint density at radius 3 is 2.00 bits per heavy atom. The number of nitrogens with zero attached hydrogens (tertiary/aromatic N) is 2. The van der Waals surface area contributed by atoms with E-state index in [4.69, 9.17) is 31.5 Å². The maximum absolute atomic E-state index is 12.9. The zero-order valence-electron chi connectivity index (χ0n) is 18.3. The zero-order valence-corrected chi connectivity index (χ0v) is 19.1. The van der Waals surface area contributed by atoms with Gasteiger partial charge in [-0.1, -0.05) is 12.1 Å². The molecule has 0 atom stereocenters. The fourth-order valence-corrected chi connectivity index (χ4v) is 4.59. The first-order valence-corrected chi connectivity index (χ1v) is 11.3. The van der Waals surface area contributed by atoms with Gasteiger partial charge in [-0.2, -0.15) is 4.31 Å². The average Bonchev–Trinajstić information content (AvgIpc) is 2.78. The van der Waals surface area contributed by atoms with Gasteiger partial charge in [-0.05, 0) is 30.3 Å². The standard InChI is InChI=1S/C19H23N5O4S.C2H4O2/c1-28-17-7-6-15(12-16(17)20)29(26,27)24-10-8-23(9-11-24)19(25)14-4-2-13(3-5-14)18(21)22;1-2(3)4/h2-7,12H,8-11,20H2,1H3,(H3,21,22);1H3,(H,3,4). The quantitative estimate of drug-likeness (QED) is 0.277. The number of ether oxygens (including phenoxy) is 1. The van der Waals surface area contributed by atoms with Crippen LogP contribution in [0, 0.1) is 5.41 Å². The van der Waals surface area contributed by atoms with Crippen LogP contribution in [0.15, 0.2) is 47.4 Å². The molecule has 1 aliphatic heterocycles. The van der Waals surface area contributed by atoms with Gasteiger partial charge in [0.2, 0.25) is 10.0 Å². The van der Waals surface area contributed by atoms with Gasteiger partial charge in [0.05, 0.1) is 17.7 Å². The topological polar surface area (TPSA) is 180 Å². The molecule has 3 rings (SSSR count). The number of rotatable bonds is 5. The van der Waals surface area contributed by atoms with Gasteiger partial charge in [-0.25, -0.2) is 8.42 Å². The molecule has 11 nitrogen and oxygen atoms in total. The molecule has 0 radical (unpaired) electrons. The van der Waals surface area contributed by atoms with Crippen molar-refractivity contribution in [2.24, 2.45) is 5.73 Å². The Morgan fingerprint density at radius 2 is 1.55 bits per heavy atom. The number of hydrogen-bond acceptors (Lipinski definition) is 7. The molecule has 0 spiro atoms. The minimum absolute atomic E-state index is 0.0676. The molecule has 1 aliphatic rings. The number of benzene rings is 2. The van der Waals surface area contributed by atoms with Gasteiger partial charge in [0.1, 0.15) is 11.6 Å². The van der Waals surface area contributed by atoms with E-state index in [9.17, 15) is 13.2 Å². The number of piperazine rings is 1. The number of nitrogen functional groups attached to an aromatic ring is 2. The number of amidine groups is 1. The lowest BCUT2D eigenvalue weighted by Crippen LogP contribution is -2.50. The highest BCUT2D eigenvalue weighted by atomic mass is 32.2. The van der Waals surface area contributed by atoms with Crippen molar-refractivity contribution in [1.82, 2.24) is 9.21 Å². The predicted octanol–water partition coefficient (Wildman–Crippen LogP) is 0.799. The van der Waals surface area contributed by atoms with E-state index in [-0.39, 0.29) is 48.5 Å². The normalized spacial score (nSPS) is 14.1. The van der Waals surface area contributed by atoms with Crippen molar-refractivity contribution in [1.29, 1.82) is 5.41 Å². The van der Waals surface area contributed by atoms with Gasteiger partial charge in [-0.15, -0.1) is 0 Å². The van der Waals surface area contributed by atoms with E-state index in [0.717, 1.165) is 6.92 Å². The van der Waals surface area contributed by atoms with E-state index in [0.29, 0.717) is 16.9 Å². The van der Waals surface area contributed by atoms with Gasteiger partial charge in [-0.3, -0.25) is 15.0 Å². The number of amides is 1. The number of methoxy groups -OCH3 is 1. The Bertz CT molecular complexity index is 1120. The summed E-state index contributed by atoms with van der Waals surface area (Å²) >= 11 is 0. The minimum atomic E-state index is -3.72. The molecule has 0 saturated carbocycles. The zero-order chi connectivity index (χ0) is 24.8. The van der Waals surface area contributed by atoms with Crippen LogP contribution in [-0.2, 0) is 14.8 Å². The highest BCUT2D eigenvalue weighted by Crippen LogP contribution is 2.27. The van der Waals surface area contributed by atoms with Crippen molar-refractivity contribution in [3.05, 3.63) is 53.6 Å². The summed E-state index contributed by atoms with van der Waals surface area (Å²) in [6, 6.07) is 10.8. The van der Waals surface area contributed by atoms with Crippen molar-refractivity contribution in [2.75, 3.05) is 39.0 Å². The van der Waals surface area contributed by atoms with E-state index >= 15 is 0 Å². The van der Waals surface area contributed by atoms with Crippen LogP contribution in [0.1, 0.15) is 22.8 Å². The molecule has 0 unspecified atom stereocenters. The SMILES string of the molecule is CC(=O)O.COc1ccc(S(=O)(=O)N2CCN(C(=O)c3ccc(C(=N)N)cc3)CC2)cc1N. The number of carbonyl (C=O) groups is 2. The van der Waals surface area contributed by atoms with E-state index in [2.05, 4.69) is 0 Å². The molecule has 0 bridgehead atoms. The first-order valence-electron chi connectivity index (χ1n) is 9.84. The Morgan fingerprint density at radius 1 is 1.03 bits per heavy atom. The van der Waals surface area contributed by atoms with Gasteiger partial charge in [0.15, 0.2) is 0 Å². The van der Waals surface area contributed by atoms with E-state index < -0.39 is 16.0 Å². The maximum atomic E-state index is 12.9. The summed E-state index contributed by atoms with van der Waals surface area (Å²) in [5.41, 5.74) is 12.5. The molecule has 0 aromatic heterocycles. The van der Waals surface area contributed by atoms with Gasteiger partial charge in [0.25, 0.3) is 11.9 Å². The fraction of sp³-hybridized carbons (Fsp3) is 0.286. The molecular weight excluding hydrogens is 450 g/mol. The largest absolute Gasteiger partial charge is 0.495 e. The van der Waals surface area contributed by atoms with Crippen LogP contribution < -0.4 is 16.2 Å². The van der Waals surface area contributed by atoms with Crippen LogP contribution in [-0.4, -0.2) is 73.7 Å². The van der Waals surface area contributed by atoms with Crippen molar-refractivity contribution >= 4 is 33.4 Å². The van der Waals surface area contributed by atoms with Crippen molar-refractivity contribution in [2.45, 2.75) is 11.8 Å². The van der Waals surface area contributed by atoms with Crippen LogP contribution in [0.2, 0.25) is 0 Å². The molecule has 0 aliphatic carbocycles. The highest BCUT2D eigenvalue weighted by Gasteiger charge is 2.30. The summed E-state index contributed by atoms with van der Waals surface area (Å²) in [6.07, 6.45) is 0. The number of carbonyl (C=O) groups excluding carboxylic acids is 1. The maximum Gasteiger partial charge on any atom is 0.300 e. The Labute approximate surface area is 192 Å². The first kappa shape index (κ1) is 25.6. The molecule has 33 heavy (non-hydrogen) atoms. The molecular formula is C21H27N5O6S. The molecule has 1 amide bonds. The smallest absolute Gasteiger partial charge is 0.300 e. The molecule has 12 heteroatoms. The molecule has 178 valence electrons. The van der Waals surface area contributed by atoms with E-state index in [1.54, 1.807) is 29.2 Å². The van der Waals surface area contributed by atoms with Crippen LogP contribution in [0.5, 0.6) is 5.75 Å². The second-order valence-electron chi connectivity index (χ2n) is 7.11. The summed E-state index contributed by atoms with van der Waals surface area (Å²) in [5, 5.41) is 14.8. The fourth-order valence-electron chi connectivity index (χ4n) is 3.13. The number of sulfonamides is 1. The minimum Gasteiger partial charge on any atom is -0.495 e. The molecule has 1 heterocycles. The number of carboxylic acids is 1. The molecule has 1 saturated heterocycles. The number of anilines is 1. The molecule has 2 aromatic rings. The van der Waals surface area contributed by atoms with Gasteiger partial charge in [0, 0.05) is 44.2 Å². The van der Waals surface area contributed by atoms with Crippen LogP contribution >= 0.6 is 0 Å². The van der Waals surface area contributed by atoms with Crippen LogP contribution in [0.3, 0.4) is 0 Å². The Hall–Kier alpha value is -3.64. The molecule has 1 fully saturated rings. The first-order chi connectivity index (χ1) is 15.5.